The fourth-order valence-corrected chi connectivity index (χ4v) is 1.64. The van der Waals surface area contributed by atoms with Gasteiger partial charge in [0.2, 0.25) is 0 Å². The summed E-state index contributed by atoms with van der Waals surface area (Å²) in [5.41, 5.74) is 0.503. The van der Waals surface area contributed by atoms with Gasteiger partial charge in [0.1, 0.15) is 20.6 Å². The van der Waals surface area contributed by atoms with Crippen molar-refractivity contribution in [3.63, 3.8) is 0 Å². The van der Waals surface area contributed by atoms with Crippen LogP contribution < -0.4 is 0 Å². The molecule has 0 saturated carbocycles. The fourth-order valence-electron chi connectivity index (χ4n) is 1.64. The third-order valence-corrected chi connectivity index (χ3v) is 2.73. The van der Waals surface area contributed by atoms with E-state index in [9.17, 15) is 9.90 Å². The van der Waals surface area contributed by atoms with Crippen molar-refractivity contribution in [1.82, 2.24) is 0 Å². The Bertz CT molecular complexity index is 396. The molecule has 0 aliphatic heterocycles. The molecule has 0 saturated heterocycles. The van der Waals surface area contributed by atoms with Crippen LogP contribution in [0.2, 0.25) is 0 Å². The van der Waals surface area contributed by atoms with Crippen molar-refractivity contribution in [1.29, 1.82) is 0 Å². The van der Waals surface area contributed by atoms with Gasteiger partial charge in [-0.15, -0.1) is 0 Å². The number of rotatable bonds is 8. The second-order valence-corrected chi connectivity index (χ2v) is 4.65. The van der Waals surface area contributed by atoms with E-state index in [-0.39, 0.29) is 25.2 Å². The SMILES string of the molecule is BC(COC(=O)c1ccccc1)O[C@H](COC)[C@@H](C)O. The summed E-state index contributed by atoms with van der Waals surface area (Å²) in [4.78, 5) is 11.7. The Labute approximate surface area is 120 Å². The van der Waals surface area contributed by atoms with Gasteiger partial charge in [0.15, 0.2) is 0 Å². The Balaban J connectivity index is 2.39. The predicted octanol–water partition coefficient (Wildman–Crippen LogP) is 0.215. The van der Waals surface area contributed by atoms with Crippen molar-refractivity contribution in [2.75, 3.05) is 20.3 Å². The van der Waals surface area contributed by atoms with E-state index >= 15 is 0 Å². The summed E-state index contributed by atoms with van der Waals surface area (Å²) < 4.78 is 15.7. The topological polar surface area (TPSA) is 65.0 Å². The van der Waals surface area contributed by atoms with Crippen molar-refractivity contribution in [2.24, 2.45) is 0 Å². The first kappa shape index (κ1) is 16.7. The Morgan fingerprint density at radius 3 is 2.50 bits per heavy atom. The zero-order chi connectivity index (χ0) is 15.0. The van der Waals surface area contributed by atoms with Crippen molar-refractivity contribution < 1.29 is 24.1 Å². The molecule has 0 radical (unpaired) electrons. The third-order valence-electron chi connectivity index (χ3n) is 2.73. The second kappa shape index (κ2) is 8.74. The van der Waals surface area contributed by atoms with E-state index in [1.165, 1.54) is 0 Å². The molecule has 1 N–H and O–H groups in total. The van der Waals surface area contributed by atoms with Gasteiger partial charge in [-0.3, -0.25) is 0 Å². The van der Waals surface area contributed by atoms with Crippen LogP contribution >= 0.6 is 0 Å². The van der Waals surface area contributed by atoms with E-state index in [4.69, 9.17) is 14.2 Å². The summed E-state index contributed by atoms with van der Waals surface area (Å²) in [6.07, 6.45) is -1.09. The Morgan fingerprint density at radius 2 is 1.95 bits per heavy atom. The van der Waals surface area contributed by atoms with E-state index < -0.39 is 12.2 Å². The Hall–Kier alpha value is -1.37. The number of carbonyl (C=O) groups is 1. The fraction of sp³-hybridized carbons (Fsp3) is 0.500. The lowest BCUT2D eigenvalue weighted by atomic mass is 10.0. The van der Waals surface area contributed by atoms with Crippen molar-refractivity contribution >= 4 is 13.8 Å². The second-order valence-electron chi connectivity index (χ2n) is 4.65. The lowest BCUT2D eigenvalue weighted by molar-refractivity contribution is -0.0878. The highest BCUT2D eigenvalue weighted by Gasteiger charge is 2.19. The van der Waals surface area contributed by atoms with Crippen molar-refractivity contribution in [2.45, 2.75) is 25.1 Å². The van der Waals surface area contributed by atoms with Gasteiger partial charge in [-0.05, 0) is 19.1 Å². The van der Waals surface area contributed by atoms with Gasteiger partial charge in [0.05, 0.1) is 24.3 Å². The first-order valence-electron chi connectivity index (χ1n) is 6.59. The lowest BCUT2D eigenvalue weighted by Gasteiger charge is -2.24. The minimum absolute atomic E-state index is 0.126. The van der Waals surface area contributed by atoms with Crippen LogP contribution in [0.5, 0.6) is 0 Å². The van der Waals surface area contributed by atoms with E-state index in [1.807, 2.05) is 6.07 Å². The van der Waals surface area contributed by atoms with Crippen LogP contribution in [0.4, 0.5) is 0 Å². The van der Waals surface area contributed by atoms with Gasteiger partial charge in [-0.1, -0.05) is 18.2 Å². The van der Waals surface area contributed by atoms with E-state index in [0.29, 0.717) is 5.56 Å². The molecule has 5 nitrogen and oxygen atoms in total. The smallest absolute Gasteiger partial charge is 0.338 e. The molecule has 0 aliphatic carbocycles. The number of esters is 1. The van der Waals surface area contributed by atoms with Crippen LogP contribution in [-0.4, -0.2) is 57.5 Å². The minimum Gasteiger partial charge on any atom is -0.460 e. The summed E-state index contributed by atoms with van der Waals surface area (Å²) in [5, 5.41) is 9.53. The minimum atomic E-state index is -0.651. The van der Waals surface area contributed by atoms with Gasteiger partial charge >= 0.3 is 5.97 Å². The highest BCUT2D eigenvalue weighted by molar-refractivity contribution is 6.11. The van der Waals surface area contributed by atoms with Crippen LogP contribution in [0.25, 0.3) is 0 Å². The molecular formula is C14H21BO5. The summed E-state index contributed by atoms with van der Waals surface area (Å²) >= 11 is 0. The van der Waals surface area contributed by atoms with Crippen LogP contribution in [-0.2, 0) is 14.2 Å². The molecule has 0 fully saturated rings. The molecular weight excluding hydrogens is 259 g/mol. The van der Waals surface area contributed by atoms with Gasteiger partial charge in [0.25, 0.3) is 0 Å². The number of methoxy groups -OCH3 is 1. The molecule has 110 valence electrons. The normalized spacial score (nSPS) is 15.3. The summed E-state index contributed by atoms with van der Waals surface area (Å²) in [6.45, 7) is 2.04. The van der Waals surface area contributed by atoms with Crippen molar-refractivity contribution in [3.8, 4) is 0 Å². The average molecular weight is 280 g/mol. The number of carbonyl (C=O) groups excluding carboxylic acids is 1. The highest BCUT2D eigenvalue weighted by Crippen LogP contribution is 2.05. The monoisotopic (exact) mass is 280 g/mol. The molecule has 1 unspecified atom stereocenters. The van der Waals surface area contributed by atoms with Gasteiger partial charge < -0.3 is 19.3 Å². The number of aliphatic hydroxyl groups is 1. The zero-order valence-corrected chi connectivity index (χ0v) is 12.1. The van der Waals surface area contributed by atoms with Gasteiger partial charge in [0, 0.05) is 7.11 Å². The predicted molar refractivity (Wildman–Crippen MR) is 77.5 cm³/mol. The lowest BCUT2D eigenvalue weighted by Crippen LogP contribution is -2.37. The number of hydrogen-bond acceptors (Lipinski definition) is 5. The molecule has 0 spiro atoms. The molecule has 1 aromatic carbocycles. The van der Waals surface area contributed by atoms with Gasteiger partial charge in [-0.25, -0.2) is 4.79 Å². The molecule has 3 atom stereocenters. The van der Waals surface area contributed by atoms with Crippen molar-refractivity contribution in [3.05, 3.63) is 35.9 Å². The van der Waals surface area contributed by atoms with E-state index in [2.05, 4.69) is 0 Å². The molecule has 1 aromatic rings. The van der Waals surface area contributed by atoms with Crippen LogP contribution in [0, 0.1) is 0 Å². The number of aliphatic hydroxyl groups excluding tert-OH is 1. The molecule has 0 amide bonds. The maximum Gasteiger partial charge on any atom is 0.338 e. The highest BCUT2D eigenvalue weighted by atomic mass is 16.6. The number of benzene rings is 1. The van der Waals surface area contributed by atoms with E-state index in [0.717, 1.165) is 0 Å². The van der Waals surface area contributed by atoms with Gasteiger partial charge in [-0.2, -0.15) is 0 Å². The van der Waals surface area contributed by atoms with Crippen LogP contribution in [0.15, 0.2) is 30.3 Å². The summed E-state index contributed by atoms with van der Waals surface area (Å²) in [7, 11) is 3.32. The standard InChI is InChI=1S/C14H21BO5/c1-10(16)12(8-18-2)20-13(15)9-19-14(17)11-6-4-3-5-7-11/h3-7,10,12-13,16H,8-9,15H2,1-2H3/t10-,12-,13?/m1/s1. The Kier molecular flexibility index (Phi) is 7.29. The quantitative estimate of drug-likeness (QED) is 0.545. The molecule has 0 aromatic heterocycles. The zero-order valence-electron chi connectivity index (χ0n) is 12.1. The molecule has 1 rings (SSSR count). The number of ether oxygens (including phenoxy) is 3. The molecule has 0 bridgehead atoms. The number of hydrogen-bond donors (Lipinski definition) is 1. The van der Waals surface area contributed by atoms with E-state index in [1.54, 1.807) is 46.1 Å². The third kappa shape index (κ3) is 5.73. The summed E-state index contributed by atoms with van der Waals surface area (Å²) in [5.74, 6) is -0.388. The molecule has 0 heterocycles. The average Bonchev–Trinajstić information content (AvgIpc) is 2.45. The largest absolute Gasteiger partial charge is 0.460 e. The molecule has 20 heavy (non-hydrogen) atoms. The van der Waals surface area contributed by atoms with Crippen LogP contribution in [0.3, 0.4) is 0 Å². The summed E-state index contributed by atoms with van der Waals surface area (Å²) in [6, 6.07) is 8.45. The first-order chi connectivity index (χ1) is 9.54. The first-order valence-corrected chi connectivity index (χ1v) is 6.59. The Morgan fingerprint density at radius 1 is 1.30 bits per heavy atom. The molecule has 0 aliphatic rings. The molecule has 6 heteroatoms. The maximum atomic E-state index is 11.7. The van der Waals surface area contributed by atoms with Crippen LogP contribution in [0.1, 0.15) is 17.3 Å². The maximum absolute atomic E-state index is 11.7.